The fraction of sp³-hybridized carbons (Fsp3) is 0.478. The number of nitrogens with one attached hydrogen (secondary N) is 1. The van der Waals surface area contributed by atoms with E-state index in [2.05, 4.69) is 59.2 Å². The number of carbonyl (C=O) groups is 1. The van der Waals surface area contributed by atoms with Crippen LogP contribution in [0.3, 0.4) is 0 Å². The number of thiophene rings is 2. The van der Waals surface area contributed by atoms with E-state index in [1.165, 1.54) is 27.1 Å². The lowest BCUT2D eigenvalue weighted by molar-refractivity contribution is -0.113. The highest BCUT2D eigenvalue weighted by atomic mass is 32.2. The highest BCUT2D eigenvalue weighted by molar-refractivity contribution is 7.99. The lowest BCUT2D eigenvalue weighted by Crippen LogP contribution is -2.15. The molecule has 3 aromatic heterocycles. The van der Waals surface area contributed by atoms with Crippen LogP contribution in [-0.2, 0) is 24.2 Å². The SMILES string of the molecule is CCCn1c(SCC(=O)Nc2sc3c(c2C#N)CCC(C)C3)nnc1-c1csc(C)c1C. The molecule has 0 bridgehead atoms. The van der Waals surface area contributed by atoms with Crippen molar-refractivity contribution in [3.63, 3.8) is 0 Å². The van der Waals surface area contributed by atoms with Crippen molar-refractivity contribution in [2.75, 3.05) is 11.1 Å². The molecule has 9 heteroatoms. The molecule has 4 rings (SSSR count). The van der Waals surface area contributed by atoms with Crippen molar-refractivity contribution in [1.29, 1.82) is 5.26 Å². The summed E-state index contributed by atoms with van der Waals surface area (Å²) in [7, 11) is 0. The molecule has 1 N–H and O–H groups in total. The van der Waals surface area contributed by atoms with Gasteiger partial charge in [0.1, 0.15) is 11.1 Å². The number of carbonyl (C=O) groups excluding carboxylic acids is 1. The van der Waals surface area contributed by atoms with Gasteiger partial charge in [-0.05, 0) is 56.6 Å². The molecule has 0 radical (unpaired) electrons. The van der Waals surface area contributed by atoms with Crippen molar-refractivity contribution < 1.29 is 4.79 Å². The molecule has 3 heterocycles. The van der Waals surface area contributed by atoms with Gasteiger partial charge < -0.3 is 9.88 Å². The summed E-state index contributed by atoms with van der Waals surface area (Å²) < 4.78 is 2.11. The van der Waals surface area contributed by atoms with Crippen LogP contribution in [0, 0.1) is 31.1 Å². The Morgan fingerprint density at radius 2 is 2.22 bits per heavy atom. The molecule has 0 aliphatic heterocycles. The Bertz CT molecular complexity index is 1180. The lowest BCUT2D eigenvalue weighted by Gasteiger charge is -2.17. The van der Waals surface area contributed by atoms with Crippen LogP contribution in [0.2, 0.25) is 0 Å². The summed E-state index contributed by atoms with van der Waals surface area (Å²) in [5.41, 5.74) is 4.12. The summed E-state index contributed by atoms with van der Waals surface area (Å²) in [6, 6.07) is 2.32. The first-order chi connectivity index (χ1) is 15.4. The zero-order chi connectivity index (χ0) is 22.8. The number of nitriles is 1. The number of thioether (sulfide) groups is 1. The van der Waals surface area contributed by atoms with E-state index in [1.807, 2.05) is 0 Å². The van der Waals surface area contributed by atoms with Crippen LogP contribution in [0.4, 0.5) is 5.00 Å². The number of aryl methyl sites for hydroxylation is 1. The Balaban J connectivity index is 1.48. The molecule has 0 saturated carbocycles. The van der Waals surface area contributed by atoms with Crippen LogP contribution < -0.4 is 5.32 Å². The van der Waals surface area contributed by atoms with Crippen molar-refractivity contribution >= 4 is 45.3 Å². The molecular formula is C23H27N5OS3. The lowest BCUT2D eigenvalue weighted by atomic mass is 9.89. The predicted octanol–water partition coefficient (Wildman–Crippen LogP) is 5.82. The Labute approximate surface area is 201 Å². The molecule has 0 aromatic carbocycles. The third-order valence-electron chi connectivity index (χ3n) is 5.90. The highest BCUT2D eigenvalue weighted by Crippen LogP contribution is 2.39. The molecule has 6 nitrogen and oxygen atoms in total. The fourth-order valence-electron chi connectivity index (χ4n) is 4.00. The number of amides is 1. The van der Waals surface area contributed by atoms with E-state index in [9.17, 15) is 10.1 Å². The average Bonchev–Trinajstić information content (AvgIpc) is 3.42. The maximum Gasteiger partial charge on any atom is 0.235 e. The van der Waals surface area contributed by atoms with Gasteiger partial charge in [-0.25, -0.2) is 0 Å². The zero-order valence-corrected chi connectivity index (χ0v) is 21.3. The van der Waals surface area contributed by atoms with Gasteiger partial charge in [-0.15, -0.1) is 32.9 Å². The largest absolute Gasteiger partial charge is 0.316 e. The minimum Gasteiger partial charge on any atom is -0.316 e. The smallest absolute Gasteiger partial charge is 0.235 e. The molecule has 1 unspecified atom stereocenters. The standard InChI is InChI=1S/C23H27N5OS3/c1-5-8-28-21(18-11-30-15(4)14(18)3)26-27-23(28)31-12-20(29)25-22-17(10-24)16-7-6-13(2)9-19(16)32-22/h11,13H,5-9,12H2,1-4H3,(H,25,29). The molecular weight excluding hydrogens is 458 g/mol. The van der Waals surface area contributed by atoms with E-state index in [0.717, 1.165) is 54.3 Å². The number of anilines is 1. The van der Waals surface area contributed by atoms with Crippen LogP contribution in [0.15, 0.2) is 10.5 Å². The Morgan fingerprint density at radius 3 is 2.91 bits per heavy atom. The van der Waals surface area contributed by atoms with E-state index in [1.54, 1.807) is 22.7 Å². The van der Waals surface area contributed by atoms with Gasteiger partial charge in [0.15, 0.2) is 11.0 Å². The van der Waals surface area contributed by atoms with E-state index in [4.69, 9.17) is 0 Å². The van der Waals surface area contributed by atoms with Crippen LogP contribution >= 0.6 is 34.4 Å². The molecule has 1 aliphatic carbocycles. The average molecular weight is 486 g/mol. The maximum atomic E-state index is 12.7. The van der Waals surface area contributed by atoms with E-state index in [0.29, 0.717) is 16.5 Å². The number of fused-ring (bicyclic) bond motifs is 1. The first-order valence-corrected chi connectivity index (χ1v) is 13.6. The summed E-state index contributed by atoms with van der Waals surface area (Å²) in [5.74, 6) is 1.60. The second kappa shape index (κ2) is 9.77. The molecule has 0 fully saturated rings. The molecule has 3 aromatic rings. The minimum absolute atomic E-state index is 0.117. The number of hydrogen-bond acceptors (Lipinski definition) is 7. The normalized spacial score (nSPS) is 15.4. The quantitative estimate of drug-likeness (QED) is 0.426. The van der Waals surface area contributed by atoms with Gasteiger partial charge in [0, 0.05) is 27.2 Å². The van der Waals surface area contributed by atoms with Crippen LogP contribution in [0.5, 0.6) is 0 Å². The molecule has 32 heavy (non-hydrogen) atoms. The van der Waals surface area contributed by atoms with Crippen molar-refractivity contribution in [3.8, 4) is 17.5 Å². The van der Waals surface area contributed by atoms with Gasteiger partial charge >= 0.3 is 0 Å². The summed E-state index contributed by atoms with van der Waals surface area (Å²) >= 11 is 4.67. The van der Waals surface area contributed by atoms with Gasteiger partial charge in [-0.2, -0.15) is 5.26 Å². The molecule has 0 spiro atoms. The summed E-state index contributed by atoms with van der Waals surface area (Å²) in [4.78, 5) is 15.3. The number of aromatic nitrogens is 3. The van der Waals surface area contributed by atoms with E-state index >= 15 is 0 Å². The molecule has 1 amide bonds. The van der Waals surface area contributed by atoms with Crippen LogP contribution in [0.25, 0.3) is 11.4 Å². The number of rotatable bonds is 7. The van der Waals surface area contributed by atoms with Crippen molar-refractivity contribution in [2.24, 2.45) is 5.92 Å². The fourth-order valence-corrected chi connectivity index (χ4v) is 7.01. The summed E-state index contributed by atoms with van der Waals surface area (Å²) in [5, 5.41) is 25.1. The van der Waals surface area contributed by atoms with Crippen LogP contribution in [-0.4, -0.2) is 26.4 Å². The van der Waals surface area contributed by atoms with Crippen molar-refractivity contribution in [1.82, 2.24) is 14.8 Å². The number of hydrogen-bond donors (Lipinski definition) is 1. The third kappa shape index (κ3) is 4.49. The molecule has 1 atom stereocenters. The first kappa shape index (κ1) is 23.0. The van der Waals surface area contributed by atoms with Crippen molar-refractivity contribution in [3.05, 3.63) is 31.8 Å². The van der Waals surface area contributed by atoms with Gasteiger partial charge in [0.25, 0.3) is 0 Å². The first-order valence-electron chi connectivity index (χ1n) is 10.9. The van der Waals surface area contributed by atoms with Gasteiger partial charge in [-0.1, -0.05) is 25.6 Å². The van der Waals surface area contributed by atoms with E-state index < -0.39 is 0 Å². The maximum absolute atomic E-state index is 12.7. The molecule has 1 aliphatic rings. The highest BCUT2D eigenvalue weighted by Gasteiger charge is 2.25. The predicted molar refractivity (Wildman–Crippen MR) is 133 cm³/mol. The Hall–Kier alpha value is -2.15. The number of nitrogens with zero attached hydrogens (tertiary/aromatic N) is 4. The zero-order valence-electron chi connectivity index (χ0n) is 18.8. The van der Waals surface area contributed by atoms with E-state index in [-0.39, 0.29) is 11.7 Å². The second-order valence-corrected chi connectivity index (χ2v) is 11.4. The summed E-state index contributed by atoms with van der Waals surface area (Å²) in [6.07, 6.45) is 3.96. The van der Waals surface area contributed by atoms with Crippen molar-refractivity contribution in [2.45, 2.75) is 65.1 Å². The molecule has 168 valence electrons. The monoisotopic (exact) mass is 485 g/mol. The Morgan fingerprint density at radius 1 is 1.41 bits per heavy atom. The third-order valence-corrected chi connectivity index (χ3v) is 9.05. The van der Waals surface area contributed by atoms with Gasteiger partial charge in [0.2, 0.25) is 5.91 Å². The Kier molecular flexibility index (Phi) is 7.03. The minimum atomic E-state index is -0.117. The van der Waals surface area contributed by atoms with Crippen LogP contribution in [0.1, 0.15) is 53.1 Å². The topological polar surface area (TPSA) is 83.6 Å². The molecule has 0 saturated heterocycles. The second-order valence-electron chi connectivity index (χ2n) is 8.29. The van der Waals surface area contributed by atoms with Gasteiger partial charge in [0.05, 0.1) is 11.3 Å². The van der Waals surface area contributed by atoms with Gasteiger partial charge in [-0.3, -0.25) is 4.79 Å². The summed E-state index contributed by atoms with van der Waals surface area (Å²) in [6.45, 7) is 9.39.